The highest BCUT2D eigenvalue weighted by Crippen LogP contribution is 2.41. The zero-order valence-electron chi connectivity index (χ0n) is 30.1. The number of fused-ring (bicyclic) bond motifs is 4. The van der Waals surface area contributed by atoms with Crippen molar-refractivity contribution in [2.45, 2.75) is 96.7 Å². The standard InChI is InChI=1S/C39H47N7O4S/c1-25-10-8-11-26(2)36(25)32-19-35-43-38(42-32)44-51(48,49)31-13-9-12-28(18-31)37(47)46(30(24-50-35)20-39(3,4)5)23-29-21-40-22-34(41-29)45-17-7-6-14-33(45)27-15-16-27/h8-13,18-19,21-22,27,30,33H,6-7,14-17,20,23-24H2,1-5H3,(H,42,43,44)/t30-,33+/m1/s1. The number of nitrogens with one attached hydrogen (secondary N) is 1. The number of nitrogens with zero attached hydrogens (tertiary/aromatic N) is 6. The molecule has 2 atom stereocenters. The van der Waals surface area contributed by atoms with Crippen LogP contribution in [0.4, 0.5) is 11.8 Å². The van der Waals surface area contributed by atoms with E-state index >= 15 is 0 Å². The summed E-state index contributed by atoms with van der Waals surface area (Å²) in [4.78, 5) is 37.6. The molecule has 1 saturated heterocycles. The molecule has 1 amide bonds. The zero-order valence-corrected chi connectivity index (χ0v) is 30.9. The molecule has 2 aromatic heterocycles. The molecule has 2 aliphatic heterocycles. The molecule has 4 bridgehead atoms. The van der Waals surface area contributed by atoms with Crippen LogP contribution in [-0.2, 0) is 16.6 Å². The molecule has 7 rings (SSSR count). The third-order valence-corrected chi connectivity index (χ3v) is 11.4. The first-order chi connectivity index (χ1) is 24.3. The van der Waals surface area contributed by atoms with E-state index in [9.17, 15) is 13.2 Å². The molecule has 2 aromatic carbocycles. The van der Waals surface area contributed by atoms with Gasteiger partial charge in [-0.25, -0.2) is 23.1 Å². The second-order valence-electron chi connectivity index (χ2n) is 15.4. The number of aryl methyl sites for hydroxylation is 2. The van der Waals surface area contributed by atoms with Crippen molar-refractivity contribution in [2.75, 3.05) is 22.8 Å². The Balaban J connectivity index is 1.31. The molecule has 0 radical (unpaired) electrons. The lowest BCUT2D eigenvalue weighted by Gasteiger charge is -2.37. The van der Waals surface area contributed by atoms with Crippen molar-refractivity contribution in [1.29, 1.82) is 0 Å². The minimum absolute atomic E-state index is 0.0681. The van der Waals surface area contributed by atoms with Crippen LogP contribution in [0.15, 0.2) is 65.8 Å². The van der Waals surface area contributed by atoms with Gasteiger partial charge < -0.3 is 14.5 Å². The smallest absolute Gasteiger partial charge is 0.264 e. The molecule has 1 N–H and O–H groups in total. The summed E-state index contributed by atoms with van der Waals surface area (Å²) in [5, 5.41) is 0. The Morgan fingerprint density at radius 3 is 2.45 bits per heavy atom. The molecule has 12 heteroatoms. The van der Waals surface area contributed by atoms with E-state index in [1.165, 1.54) is 31.4 Å². The first-order valence-electron chi connectivity index (χ1n) is 17.9. The number of ether oxygens (including phenoxy) is 1. The molecule has 11 nitrogen and oxygen atoms in total. The van der Waals surface area contributed by atoms with Crippen molar-refractivity contribution in [3.05, 3.63) is 83.3 Å². The van der Waals surface area contributed by atoms with Gasteiger partial charge in [-0.05, 0) is 93.0 Å². The lowest BCUT2D eigenvalue weighted by Crippen LogP contribution is -2.45. The van der Waals surface area contributed by atoms with Crippen molar-refractivity contribution in [2.24, 2.45) is 11.3 Å². The third-order valence-electron chi connectivity index (χ3n) is 10.0. The van der Waals surface area contributed by atoms with Crippen LogP contribution in [-0.4, -0.2) is 64.4 Å². The summed E-state index contributed by atoms with van der Waals surface area (Å²) < 4.78 is 36.5. The Morgan fingerprint density at radius 1 is 0.941 bits per heavy atom. The van der Waals surface area contributed by atoms with Gasteiger partial charge in [0.05, 0.1) is 41.3 Å². The number of anilines is 2. The molecular weight excluding hydrogens is 663 g/mol. The number of aromatic nitrogens is 4. The van der Waals surface area contributed by atoms with Crippen LogP contribution in [0.25, 0.3) is 11.3 Å². The molecule has 1 aliphatic carbocycles. The number of amides is 1. The Bertz CT molecular complexity index is 2020. The van der Waals surface area contributed by atoms with Crippen molar-refractivity contribution in [3.63, 3.8) is 0 Å². The van der Waals surface area contributed by atoms with Crippen molar-refractivity contribution in [3.8, 4) is 17.1 Å². The van der Waals surface area contributed by atoms with Crippen LogP contribution < -0.4 is 14.4 Å². The fourth-order valence-corrected chi connectivity index (χ4v) is 8.53. The maximum atomic E-state index is 14.6. The summed E-state index contributed by atoms with van der Waals surface area (Å²) in [5.41, 5.74) is 4.09. The molecule has 3 aliphatic rings. The fourth-order valence-electron chi connectivity index (χ4n) is 7.54. The van der Waals surface area contributed by atoms with Gasteiger partial charge in [-0.3, -0.25) is 9.78 Å². The van der Waals surface area contributed by atoms with E-state index in [1.54, 1.807) is 29.3 Å². The Kier molecular flexibility index (Phi) is 9.47. The van der Waals surface area contributed by atoms with Gasteiger partial charge in [0.1, 0.15) is 12.4 Å². The van der Waals surface area contributed by atoms with E-state index in [2.05, 4.69) is 45.3 Å². The number of carbonyl (C=O) groups excluding carboxylic acids is 1. The average molecular weight is 710 g/mol. The van der Waals surface area contributed by atoms with E-state index < -0.39 is 16.1 Å². The van der Waals surface area contributed by atoms with E-state index in [1.807, 2.05) is 38.2 Å². The second-order valence-corrected chi connectivity index (χ2v) is 17.1. The summed E-state index contributed by atoms with van der Waals surface area (Å²) >= 11 is 0. The van der Waals surface area contributed by atoms with E-state index in [0.717, 1.165) is 41.9 Å². The van der Waals surface area contributed by atoms with Gasteiger partial charge in [-0.2, -0.15) is 4.98 Å². The summed E-state index contributed by atoms with van der Waals surface area (Å²) in [6.45, 7) is 11.6. The van der Waals surface area contributed by atoms with Crippen molar-refractivity contribution >= 4 is 27.7 Å². The predicted octanol–water partition coefficient (Wildman–Crippen LogP) is 6.96. The van der Waals surface area contributed by atoms with Crippen LogP contribution in [0, 0.1) is 25.2 Å². The quantitative estimate of drug-likeness (QED) is 0.226. The highest BCUT2D eigenvalue weighted by Gasteiger charge is 2.38. The van der Waals surface area contributed by atoms with Gasteiger partial charge in [0.15, 0.2) is 0 Å². The van der Waals surface area contributed by atoms with Crippen molar-refractivity contribution < 1.29 is 17.9 Å². The predicted molar refractivity (Wildman–Crippen MR) is 197 cm³/mol. The van der Waals surface area contributed by atoms with Crippen LogP contribution in [0.1, 0.15) is 86.5 Å². The lowest BCUT2D eigenvalue weighted by atomic mass is 9.87. The highest BCUT2D eigenvalue weighted by atomic mass is 32.2. The molecule has 2 fully saturated rings. The number of rotatable bonds is 6. The summed E-state index contributed by atoms with van der Waals surface area (Å²) in [6, 6.07) is 13.8. The molecule has 4 heterocycles. The van der Waals surface area contributed by atoms with Gasteiger partial charge in [0.2, 0.25) is 11.8 Å². The summed E-state index contributed by atoms with van der Waals surface area (Å²) in [5.74, 6) is 1.33. The number of carbonyl (C=O) groups is 1. The van der Waals surface area contributed by atoms with Crippen LogP contribution in [0.2, 0.25) is 0 Å². The topological polar surface area (TPSA) is 131 Å². The van der Waals surface area contributed by atoms with Gasteiger partial charge in [0, 0.05) is 29.8 Å². The number of sulfonamides is 1. The zero-order chi connectivity index (χ0) is 35.9. The maximum Gasteiger partial charge on any atom is 0.264 e. The SMILES string of the molecule is Cc1cccc(C)c1-c1cc2nc(n1)NS(=O)(=O)c1cccc(c1)C(=O)N(Cc1cncc(N3CCCC[C@H]3C3CC3)n1)[C@H](CC(C)(C)C)CO2. The Morgan fingerprint density at radius 2 is 1.71 bits per heavy atom. The monoisotopic (exact) mass is 709 g/mol. The minimum atomic E-state index is -4.17. The van der Waals surface area contributed by atoms with Gasteiger partial charge in [-0.1, -0.05) is 45.0 Å². The van der Waals surface area contributed by atoms with Crippen LogP contribution in [0.5, 0.6) is 5.88 Å². The molecule has 0 unspecified atom stereocenters. The number of hydrogen-bond donors (Lipinski definition) is 1. The first kappa shape index (κ1) is 34.9. The Hall–Kier alpha value is -4.58. The summed E-state index contributed by atoms with van der Waals surface area (Å²) in [6.07, 6.45) is 10.2. The molecule has 1 saturated carbocycles. The summed E-state index contributed by atoms with van der Waals surface area (Å²) in [7, 11) is -4.17. The maximum absolute atomic E-state index is 14.6. The van der Waals surface area contributed by atoms with E-state index in [4.69, 9.17) is 9.72 Å². The van der Waals surface area contributed by atoms with Crippen molar-refractivity contribution in [1.82, 2.24) is 24.8 Å². The number of benzene rings is 2. The molecular formula is C39H47N7O4S. The fraction of sp³-hybridized carbons (Fsp3) is 0.462. The van der Waals surface area contributed by atoms with Gasteiger partial charge in [-0.15, -0.1) is 0 Å². The Labute approximate surface area is 301 Å². The third kappa shape index (κ3) is 7.85. The first-order valence-corrected chi connectivity index (χ1v) is 19.4. The number of piperidine rings is 1. The normalized spacial score (nSPS) is 20.8. The molecule has 0 spiro atoms. The second kappa shape index (κ2) is 13.9. The van der Waals surface area contributed by atoms with Gasteiger partial charge in [0.25, 0.3) is 15.9 Å². The minimum Gasteiger partial charge on any atom is -0.475 e. The largest absolute Gasteiger partial charge is 0.475 e. The lowest BCUT2D eigenvalue weighted by molar-refractivity contribution is 0.0509. The molecule has 4 aromatic rings. The average Bonchev–Trinajstić information content (AvgIpc) is 3.94. The van der Waals surface area contributed by atoms with E-state index in [0.29, 0.717) is 29.8 Å². The highest BCUT2D eigenvalue weighted by molar-refractivity contribution is 7.92. The van der Waals surface area contributed by atoms with Gasteiger partial charge >= 0.3 is 0 Å². The number of hydrogen-bond acceptors (Lipinski definition) is 9. The van der Waals surface area contributed by atoms with Crippen LogP contribution >= 0.6 is 0 Å². The molecule has 51 heavy (non-hydrogen) atoms. The molecule has 268 valence electrons. The van der Waals surface area contributed by atoms with E-state index in [-0.39, 0.29) is 46.8 Å². The van der Waals surface area contributed by atoms with Crippen LogP contribution in [0.3, 0.4) is 0 Å².